The molecule has 1 aliphatic heterocycles. The molecular weight excluding hydrogens is 311 g/mol. The molecule has 1 N–H and O–H groups in total. The van der Waals surface area contributed by atoms with Gasteiger partial charge in [0.25, 0.3) is 0 Å². The second-order valence-corrected chi connectivity index (χ2v) is 7.22. The van der Waals surface area contributed by atoms with Gasteiger partial charge in [0.05, 0.1) is 5.92 Å². The van der Waals surface area contributed by atoms with Crippen molar-refractivity contribution in [3.63, 3.8) is 0 Å². The van der Waals surface area contributed by atoms with Crippen molar-refractivity contribution in [3.05, 3.63) is 29.6 Å². The predicted octanol–water partition coefficient (Wildman–Crippen LogP) is 3.72. The monoisotopic (exact) mass is 336 g/mol. The summed E-state index contributed by atoms with van der Waals surface area (Å²) in [5, 5.41) is 2.73. The van der Waals surface area contributed by atoms with Gasteiger partial charge in [-0.3, -0.25) is 4.79 Å². The van der Waals surface area contributed by atoms with Gasteiger partial charge in [-0.05, 0) is 58.2 Å². The van der Waals surface area contributed by atoms with E-state index in [4.69, 9.17) is 4.74 Å². The first-order chi connectivity index (χ1) is 11.2. The second kappa shape index (κ2) is 7.20. The normalized spacial score (nSPS) is 18.2. The van der Waals surface area contributed by atoms with Crippen LogP contribution in [0.25, 0.3) is 0 Å². The fourth-order valence-electron chi connectivity index (χ4n) is 2.60. The molecule has 1 fully saturated rings. The highest BCUT2D eigenvalue weighted by Gasteiger charge is 2.31. The molecule has 0 aliphatic carbocycles. The summed E-state index contributed by atoms with van der Waals surface area (Å²) in [6.07, 6.45) is 1.03. The fraction of sp³-hybridized carbons (Fsp3) is 0.556. The molecule has 0 saturated carbocycles. The molecule has 1 saturated heterocycles. The number of ether oxygens (including phenoxy) is 1. The molecule has 1 aliphatic rings. The first-order valence-corrected chi connectivity index (χ1v) is 8.20. The van der Waals surface area contributed by atoms with Gasteiger partial charge < -0.3 is 15.0 Å². The van der Waals surface area contributed by atoms with Gasteiger partial charge in [-0.15, -0.1) is 0 Å². The molecule has 5 nitrogen and oxygen atoms in total. The highest BCUT2D eigenvalue weighted by molar-refractivity contribution is 5.93. The minimum absolute atomic E-state index is 0.202. The number of carbonyl (C=O) groups is 2. The molecule has 0 radical (unpaired) electrons. The number of hydrogen-bond acceptors (Lipinski definition) is 3. The third kappa shape index (κ3) is 4.94. The predicted molar refractivity (Wildman–Crippen MR) is 90.3 cm³/mol. The molecular formula is C18H25FN2O3. The van der Waals surface area contributed by atoms with E-state index in [1.54, 1.807) is 24.0 Å². The van der Waals surface area contributed by atoms with Gasteiger partial charge in [0.2, 0.25) is 5.91 Å². The van der Waals surface area contributed by atoms with Crippen LogP contribution in [0, 0.1) is 18.7 Å². The van der Waals surface area contributed by atoms with Crippen molar-refractivity contribution in [1.29, 1.82) is 0 Å². The standard InChI is InChI=1S/C18H25FN2O3/c1-12-7-8-14(10-15(12)19)20-16(22)13-6-5-9-21(11-13)17(23)24-18(2,3)4/h7-8,10,13H,5-6,9,11H2,1-4H3,(H,20,22)/t13-/m1/s1. The summed E-state index contributed by atoms with van der Waals surface area (Å²) in [7, 11) is 0. The van der Waals surface area contributed by atoms with Gasteiger partial charge in [0.15, 0.2) is 0 Å². The molecule has 1 aromatic rings. The highest BCUT2D eigenvalue weighted by Crippen LogP contribution is 2.21. The number of hydrogen-bond donors (Lipinski definition) is 1. The number of nitrogens with zero attached hydrogens (tertiary/aromatic N) is 1. The molecule has 0 unspecified atom stereocenters. The number of amides is 2. The van der Waals surface area contributed by atoms with Crippen LogP contribution in [-0.2, 0) is 9.53 Å². The summed E-state index contributed by atoms with van der Waals surface area (Å²) in [5.41, 5.74) is 0.394. The van der Waals surface area contributed by atoms with Crippen molar-refractivity contribution in [2.75, 3.05) is 18.4 Å². The molecule has 0 aromatic heterocycles. The van der Waals surface area contributed by atoms with E-state index in [0.717, 1.165) is 6.42 Å². The molecule has 0 bridgehead atoms. The number of aryl methyl sites for hydroxylation is 1. The van der Waals surface area contributed by atoms with Crippen molar-refractivity contribution in [2.24, 2.45) is 5.92 Å². The molecule has 1 heterocycles. The average molecular weight is 336 g/mol. The Hall–Kier alpha value is -2.11. The van der Waals surface area contributed by atoms with E-state index < -0.39 is 11.7 Å². The van der Waals surface area contributed by atoms with Gasteiger partial charge >= 0.3 is 6.09 Å². The van der Waals surface area contributed by atoms with E-state index in [1.165, 1.54) is 6.07 Å². The van der Waals surface area contributed by atoms with Crippen LogP contribution in [0.5, 0.6) is 0 Å². The zero-order valence-electron chi connectivity index (χ0n) is 14.7. The Morgan fingerprint density at radius 1 is 1.33 bits per heavy atom. The minimum Gasteiger partial charge on any atom is -0.444 e. The summed E-state index contributed by atoms with van der Waals surface area (Å²) in [6, 6.07) is 4.60. The van der Waals surface area contributed by atoms with Crippen molar-refractivity contribution >= 4 is 17.7 Å². The Bertz CT molecular complexity index is 625. The summed E-state index contributed by atoms with van der Waals surface area (Å²) in [5.74, 6) is -0.881. The van der Waals surface area contributed by atoms with Gasteiger partial charge in [0, 0.05) is 18.8 Å². The second-order valence-electron chi connectivity index (χ2n) is 7.22. The topological polar surface area (TPSA) is 58.6 Å². The molecule has 132 valence electrons. The number of halogens is 1. The lowest BCUT2D eigenvalue weighted by molar-refractivity contribution is -0.121. The Morgan fingerprint density at radius 2 is 2.04 bits per heavy atom. The minimum atomic E-state index is -0.564. The third-order valence-electron chi connectivity index (χ3n) is 3.88. The first kappa shape index (κ1) is 18.2. The van der Waals surface area contributed by atoms with Crippen molar-refractivity contribution in [1.82, 2.24) is 4.90 Å². The third-order valence-corrected chi connectivity index (χ3v) is 3.88. The van der Waals surface area contributed by atoms with E-state index in [0.29, 0.717) is 30.8 Å². The number of rotatable bonds is 2. The summed E-state index contributed by atoms with van der Waals surface area (Å²) in [6.45, 7) is 7.99. The Morgan fingerprint density at radius 3 is 2.67 bits per heavy atom. The van der Waals surface area contributed by atoms with Crippen LogP contribution >= 0.6 is 0 Å². The van der Waals surface area contributed by atoms with E-state index in [9.17, 15) is 14.0 Å². The van der Waals surface area contributed by atoms with E-state index in [1.807, 2.05) is 20.8 Å². The molecule has 1 atom stereocenters. The maximum absolute atomic E-state index is 13.6. The summed E-state index contributed by atoms with van der Waals surface area (Å²) in [4.78, 5) is 26.1. The van der Waals surface area contributed by atoms with Gasteiger partial charge in [-0.1, -0.05) is 6.07 Å². The quantitative estimate of drug-likeness (QED) is 0.895. The smallest absolute Gasteiger partial charge is 0.410 e. The maximum Gasteiger partial charge on any atom is 0.410 e. The van der Waals surface area contributed by atoms with E-state index in [-0.39, 0.29) is 17.6 Å². The molecule has 1 aromatic carbocycles. The van der Waals surface area contributed by atoms with Crippen LogP contribution < -0.4 is 5.32 Å². The van der Waals surface area contributed by atoms with Gasteiger partial charge in [0.1, 0.15) is 11.4 Å². The largest absolute Gasteiger partial charge is 0.444 e. The average Bonchev–Trinajstić information content (AvgIpc) is 2.49. The summed E-state index contributed by atoms with van der Waals surface area (Å²) >= 11 is 0. The molecule has 0 spiro atoms. The Balaban J connectivity index is 1.97. The zero-order valence-corrected chi connectivity index (χ0v) is 14.7. The molecule has 6 heteroatoms. The molecule has 2 rings (SSSR count). The first-order valence-electron chi connectivity index (χ1n) is 8.20. The van der Waals surface area contributed by atoms with E-state index in [2.05, 4.69) is 5.32 Å². The van der Waals surface area contributed by atoms with Gasteiger partial charge in [-0.25, -0.2) is 9.18 Å². The van der Waals surface area contributed by atoms with Crippen LogP contribution in [0.3, 0.4) is 0 Å². The lowest BCUT2D eigenvalue weighted by Gasteiger charge is -2.33. The molecule has 24 heavy (non-hydrogen) atoms. The summed E-state index contributed by atoms with van der Waals surface area (Å²) < 4.78 is 18.9. The van der Waals surface area contributed by atoms with Crippen LogP contribution in [-0.4, -0.2) is 35.6 Å². The Kier molecular flexibility index (Phi) is 5.47. The fourth-order valence-corrected chi connectivity index (χ4v) is 2.60. The zero-order chi connectivity index (χ0) is 17.9. The van der Waals surface area contributed by atoms with Crippen LogP contribution in [0.15, 0.2) is 18.2 Å². The lowest BCUT2D eigenvalue weighted by Crippen LogP contribution is -2.45. The van der Waals surface area contributed by atoms with Crippen molar-refractivity contribution in [3.8, 4) is 0 Å². The molecule has 2 amide bonds. The number of piperidine rings is 1. The van der Waals surface area contributed by atoms with Gasteiger partial charge in [-0.2, -0.15) is 0 Å². The van der Waals surface area contributed by atoms with E-state index >= 15 is 0 Å². The van der Waals surface area contributed by atoms with Crippen LogP contribution in [0.2, 0.25) is 0 Å². The van der Waals surface area contributed by atoms with Crippen molar-refractivity contribution in [2.45, 2.75) is 46.1 Å². The van der Waals surface area contributed by atoms with Crippen LogP contribution in [0.1, 0.15) is 39.2 Å². The Labute approximate surface area is 142 Å². The number of nitrogens with one attached hydrogen (secondary N) is 1. The SMILES string of the molecule is Cc1ccc(NC(=O)[C@@H]2CCCN(C(=O)OC(C)(C)C)C2)cc1F. The number of carbonyl (C=O) groups excluding carboxylic acids is 2. The van der Waals surface area contributed by atoms with Crippen molar-refractivity contribution < 1.29 is 18.7 Å². The maximum atomic E-state index is 13.6. The van der Waals surface area contributed by atoms with Crippen LogP contribution in [0.4, 0.5) is 14.9 Å². The highest BCUT2D eigenvalue weighted by atomic mass is 19.1. The number of anilines is 1. The number of likely N-dealkylation sites (tertiary alicyclic amines) is 1. The number of benzene rings is 1. The lowest BCUT2D eigenvalue weighted by atomic mass is 9.97.